The van der Waals surface area contributed by atoms with Gasteiger partial charge in [-0.05, 0) is 18.6 Å². The van der Waals surface area contributed by atoms with Crippen LogP contribution in [0.2, 0.25) is 0 Å². The Morgan fingerprint density at radius 3 is 2.58 bits per heavy atom. The molecule has 0 bridgehead atoms. The molecule has 1 aromatic rings. The van der Waals surface area contributed by atoms with E-state index in [-0.39, 0.29) is 12.2 Å². The van der Waals surface area contributed by atoms with Crippen molar-refractivity contribution >= 4 is 11.9 Å². The first-order valence-corrected chi connectivity index (χ1v) is 6.28. The van der Waals surface area contributed by atoms with Crippen LogP contribution in [0.4, 0.5) is 4.39 Å². The molecule has 0 radical (unpaired) electrons. The fraction of sp³-hybridized carbons (Fsp3) is 0.429. The first kappa shape index (κ1) is 15.1. The average molecular weight is 268 g/mol. The third-order valence-corrected chi connectivity index (χ3v) is 2.64. The number of hydrogen-bond acceptors (Lipinski definition) is 3. The maximum Gasteiger partial charge on any atom is 0.338 e. The molecule has 0 aromatic heterocycles. The standard InChI is InChI=1S/C14H17FO4/c1-2-3-4-5-6-13(16)19-10-7-8-11(14(17)18)12(15)9-10/h7-9H,2-6H2,1H3,(H,17,18). The summed E-state index contributed by atoms with van der Waals surface area (Å²) in [6, 6.07) is 3.27. The first-order valence-electron chi connectivity index (χ1n) is 6.28. The molecule has 0 atom stereocenters. The molecule has 0 saturated heterocycles. The Kier molecular flexibility index (Phi) is 5.99. The van der Waals surface area contributed by atoms with Crippen molar-refractivity contribution in [1.29, 1.82) is 0 Å². The van der Waals surface area contributed by atoms with Crippen LogP contribution in [0.5, 0.6) is 5.75 Å². The molecule has 0 fully saturated rings. The Labute approximate surface area is 111 Å². The smallest absolute Gasteiger partial charge is 0.338 e. The highest BCUT2D eigenvalue weighted by Gasteiger charge is 2.12. The summed E-state index contributed by atoms with van der Waals surface area (Å²) in [5, 5.41) is 8.66. The Bertz CT molecular complexity index is 457. The van der Waals surface area contributed by atoms with Gasteiger partial charge in [0, 0.05) is 12.5 Å². The number of unbranched alkanes of at least 4 members (excludes halogenated alkanes) is 3. The monoisotopic (exact) mass is 268 g/mol. The lowest BCUT2D eigenvalue weighted by Crippen LogP contribution is -2.08. The summed E-state index contributed by atoms with van der Waals surface area (Å²) in [5.41, 5.74) is -0.442. The Hall–Kier alpha value is -1.91. The number of hydrogen-bond donors (Lipinski definition) is 1. The summed E-state index contributed by atoms with van der Waals surface area (Å²) in [4.78, 5) is 22.1. The van der Waals surface area contributed by atoms with Gasteiger partial charge in [-0.1, -0.05) is 26.2 Å². The van der Waals surface area contributed by atoms with E-state index in [0.717, 1.165) is 37.8 Å². The molecule has 0 saturated carbocycles. The van der Waals surface area contributed by atoms with E-state index in [4.69, 9.17) is 9.84 Å². The molecule has 0 aliphatic heterocycles. The van der Waals surface area contributed by atoms with E-state index in [9.17, 15) is 14.0 Å². The van der Waals surface area contributed by atoms with Crippen molar-refractivity contribution in [3.05, 3.63) is 29.6 Å². The summed E-state index contributed by atoms with van der Waals surface area (Å²) in [5.74, 6) is -2.67. The SMILES string of the molecule is CCCCCCC(=O)Oc1ccc(C(=O)O)c(F)c1. The second-order valence-corrected chi connectivity index (χ2v) is 4.23. The predicted molar refractivity (Wildman–Crippen MR) is 67.8 cm³/mol. The zero-order chi connectivity index (χ0) is 14.3. The molecule has 0 aliphatic carbocycles. The number of carbonyl (C=O) groups excluding carboxylic acids is 1. The fourth-order valence-electron chi connectivity index (χ4n) is 1.61. The molecule has 19 heavy (non-hydrogen) atoms. The molecule has 0 spiro atoms. The molecule has 4 nitrogen and oxygen atoms in total. The molecule has 1 aromatic carbocycles. The molecule has 5 heteroatoms. The van der Waals surface area contributed by atoms with E-state index in [1.54, 1.807) is 0 Å². The molecule has 1 rings (SSSR count). The van der Waals surface area contributed by atoms with Crippen molar-refractivity contribution in [2.24, 2.45) is 0 Å². The third-order valence-electron chi connectivity index (χ3n) is 2.64. The van der Waals surface area contributed by atoms with Gasteiger partial charge in [-0.3, -0.25) is 4.79 Å². The summed E-state index contributed by atoms with van der Waals surface area (Å²) in [6.45, 7) is 2.07. The summed E-state index contributed by atoms with van der Waals surface area (Å²) in [7, 11) is 0. The predicted octanol–water partition coefficient (Wildman–Crippen LogP) is 3.40. The summed E-state index contributed by atoms with van der Waals surface area (Å²) in [6.07, 6.45) is 4.12. The van der Waals surface area contributed by atoms with E-state index in [2.05, 4.69) is 6.92 Å². The molecule has 0 unspecified atom stereocenters. The number of rotatable bonds is 7. The minimum absolute atomic E-state index is 0.0305. The molecule has 0 aliphatic rings. The van der Waals surface area contributed by atoms with Crippen LogP contribution in [-0.4, -0.2) is 17.0 Å². The maximum atomic E-state index is 13.3. The number of esters is 1. The topological polar surface area (TPSA) is 63.6 Å². The van der Waals surface area contributed by atoms with Crippen LogP contribution >= 0.6 is 0 Å². The van der Waals surface area contributed by atoms with E-state index in [1.165, 1.54) is 6.07 Å². The van der Waals surface area contributed by atoms with E-state index >= 15 is 0 Å². The van der Waals surface area contributed by atoms with Crippen molar-refractivity contribution in [2.75, 3.05) is 0 Å². The zero-order valence-electron chi connectivity index (χ0n) is 10.8. The van der Waals surface area contributed by atoms with Crippen molar-refractivity contribution in [3.8, 4) is 5.75 Å². The van der Waals surface area contributed by atoms with Gasteiger partial charge in [0.25, 0.3) is 0 Å². The number of carboxylic acid groups (broad SMARTS) is 1. The van der Waals surface area contributed by atoms with Gasteiger partial charge < -0.3 is 9.84 Å². The van der Waals surface area contributed by atoms with Gasteiger partial charge in [0.1, 0.15) is 11.6 Å². The van der Waals surface area contributed by atoms with Crippen LogP contribution < -0.4 is 4.74 Å². The average Bonchev–Trinajstić information content (AvgIpc) is 2.34. The van der Waals surface area contributed by atoms with E-state index in [1.807, 2.05) is 0 Å². The van der Waals surface area contributed by atoms with Gasteiger partial charge in [0.15, 0.2) is 0 Å². The number of carboxylic acids is 1. The number of aromatic carboxylic acids is 1. The Morgan fingerprint density at radius 1 is 1.26 bits per heavy atom. The molecule has 104 valence electrons. The molecule has 0 amide bonds. The second-order valence-electron chi connectivity index (χ2n) is 4.23. The summed E-state index contributed by atoms with van der Waals surface area (Å²) < 4.78 is 18.3. The molecule has 1 N–H and O–H groups in total. The van der Waals surface area contributed by atoms with Crippen molar-refractivity contribution < 1.29 is 23.8 Å². The maximum absolute atomic E-state index is 13.3. The van der Waals surface area contributed by atoms with Crippen LogP contribution in [0.25, 0.3) is 0 Å². The normalized spacial score (nSPS) is 10.2. The van der Waals surface area contributed by atoms with Gasteiger partial charge in [-0.15, -0.1) is 0 Å². The van der Waals surface area contributed by atoms with Crippen LogP contribution in [-0.2, 0) is 4.79 Å². The Morgan fingerprint density at radius 2 is 2.00 bits per heavy atom. The lowest BCUT2D eigenvalue weighted by molar-refractivity contribution is -0.134. The number of ether oxygens (including phenoxy) is 1. The minimum Gasteiger partial charge on any atom is -0.478 e. The van der Waals surface area contributed by atoms with Gasteiger partial charge in [-0.2, -0.15) is 0 Å². The lowest BCUT2D eigenvalue weighted by Gasteiger charge is -2.05. The highest BCUT2D eigenvalue weighted by Crippen LogP contribution is 2.17. The van der Waals surface area contributed by atoms with Gasteiger partial charge >= 0.3 is 11.9 Å². The first-order chi connectivity index (χ1) is 9.04. The lowest BCUT2D eigenvalue weighted by atomic mass is 10.1. The van der Waals surface area contributed by atoms with Crippen molar-refractivity contribution in [3.63, 3.8) is 0 Å². The van der Waals surface area contributed by atoms with Crippen molar-refractivity contribution in [2.45, 2.75) is 39.0 Å². The largest absolute Gasteiger partial charge is 0.478 e. The van der Waals surface area contributed by atoms with Crippen LogP contribution in [0, 0.1) is 5.82 Å². The molecular formula is C14H17FO4. The van der Waals surface area contributed by atoms with Crippen LogP contribution in [0.15, 0.2) is 18.2 Å². The molecular weight excluding hydrogens is 251 g/mol. The molecule has 0 heterocycles. The number of benzene rings is 1. The van der Waals surface area contributed by atoms with Crippen LogP contribution in [0.1, 0.15) is 49.4 Å². The second kappa shape index (κ2) is 7.51. The van der Waals surface area contributed by atoms with E-state index < -0.39 is 23.3 Å². The highest BCUT2D eigenvalue weighted by molar-refractivity contribution is 5.88. The quantitative estimate of drug-likeness (QED) is 0.467. The van der Waals surface area contributed by atoms with Crippen LogP contribution in [0.3, 0.4) is 0 Å². The minimum atomic E-state index is -1.35. The third kappa shape index (κ3) is 5.07. The van der Waals surface area contributed by atoms with Gasteiger partial charge in [-0.25, -0.2) is 9.18 Å². The van der Waals surface area contributed by atoms with Gasteiger partial charge in [0.2, 0.25) is 0 Å². The fourth-order valence-corrected chi connectivity index (χ4v) is 1.61. The van der Waals surface area contributed by atoms with Crippen molar-refractivity contribution in [1.82, 2.24) is 0 Å². The summed E-state index contributed by atoms with van der Waals surface area (Å²) >= 11 is 0. The van der Waals surface area contributed by atoms with E-state index in [0.29, 0.717) is 0 Å². The number of carbonyl (C=O) groups is 2. The number of halogens is 1. The van der Waals surface area contributed by atoms with Gasteiger partial charge in [0.05, 0.1) is 5.56 Å². The highest BCUT2D eigenvalue weighted by atomic mass is 19.1. The zero-order valence-corrected chi connectivity index (χ0v) is 10.8. The Balaban J connectivity index is 2.51.